The van der Waals surface area contributed by atoms with Crippen LogP contribution in [0.2, 0.25) is 0 Å². The highest BCUT2D eigenvalue weighted by Gasteiger charge is 2.22. The Morgan fingerprint density at radius 2 is 2.26 bits per heavy atom. The molecule has 0 saturated carbocycles. The van der Waals surface area contributed by atoms with Crippen molar-refractivity contribution in [3.63, 3.8) is 0 Å². The Balaban J connectivity index is 2.01. The van der Waals surface area contributed by atoms with Gasteiger partial charge in [0.1, 0.15) is 5.75 Å². The molecule has 3 N–H and O–H groups in total. The molecule has 2 rings (SSSR count). The standard InChI is InChI=1S/C15H25N3O/c1-4-19-15-10-12(5-6-14(15)16)17-13-7-8-18(3)11(2)9-13/h5-6,10-11,13,17H,4,7-9,16H2,1-3H3. The van der Waals surface area contributed by atoms with E-state index in [0.717, 1.165) is 18.0 Å². The van der Waals surface area contributed by atoms with Gasteiger partial charge in [0, 0.05) is 30.4 Å². The molecule has 1 aliphatic rings. The van der Waals surface area contributed by atoms with E-state index in [1.165, 1.54) is 12.8 Å². The minimum Gasteiger partial charge on any atom is -0.492 e. The fourth-order valence-electron chi connectivity index (χ4n) is 2.56. The molecule has 0 bridgehead atoms. The summed E-state index contributed by atoms with van der Waals surface area (Å²) in [6, 6.07) is 7.10. The van der Waals surface area contributed by atoms with Crippen LogP contribution < -0.4 is 15.8 Å². The summed E-state index contributed by atoms with van der Waals surface area (Å²) < 4.78 is 5.53. The highest BCUT2D eigenvalue weighted by Crippen LogP contribution is 2.27. The van der Waals surface area contributed by atoms with Crippen LogP contribution in [0.3, 0.4) is 0 Å². The van der Waals surface area contributed by atoms with Crippen LogP contribution in [0.15, 0.2) is 18.2 Å². The SMILES string of the molecule is CCOc1cc(NC2CCN(C)C(C)C2)ccc1N. The van der Waals surface area contributed by atoms with E-state index in [4.69, 9.17) is 10.5 Å². The van der Waals surface area contributed by atoms with Crippen molar-refractivity contribution in [3.8, 4) is 5.75 Å². The van der Waals surface area contributed by atoms with Gasteiger partial charge in [0.15, 0.2) is 0 Å². The molecule has 0 amide bonds. The van der Waals surface area contributed by atoms with E-state index in [0.29, 0.717) is 24.4 Å². The van der Waals surface area contributed by atoms with E-state index in [9.17, 15) is 0 Å². The molecule has 4 nitrogen and oxygen atoms in total. The molecule has 2 unspecified atom stereocenters. The summed E-state index contributed by atoms with van der Waals surface area (Å²) in [5, 5.41) is 3.60. The van der Waals surface area contributed by atoms with Crippen LogP contribution in [0.5, 0.6) is 5.75 Å². The van der Waals surface area contributed by atoms with Crippen molar-refractivity contribution in [1.82, 2.24) is 4.90 Å². The highest BCUT2D eigenvalue weighted by molar-refractivity contribution is 5.61. The van der Waals surface area contributed by atoms with E-state index in [-0.39, 0.29) is 0 Å². The lowest BCUT2D eigenvalue weighted by atomic mass is 9.98. The van der Waals surface area contributed by atoms with Crippen molar-refractivity contribution < 1.29 is 4.74 Å². The van der Waals surface area contributed by atoms with Crippen LogP contribution in [0, 0.1) is 0 Å². The van der Waals surface area contributed by atoms with E-state index >= 15 is 0 Å². The largest absolute Gasteiger partial charge is 0.492 e. The lowest BCUT2D eigenvalue weighted by molar-refractivity contribution is 0.190. The number of nitrogens with two attached hydrogens (primary N) is 1. The molecule has 0 radical (unpaired) electrons. The molecule has 19 heavy (non-hydrogen) atoms. The van der Waals surface area contributed by atoms with Gasteiger partial charge in [0.25, 0.3) is 0 Å². The molecule has 4 heteroatoms. The Labute approximate surface area is 115 Å². The van der Waals surface area contributed by atoms with Crippen LogP contribution in [-0.4, -0.2) is 37.2 Å². The van der Waals surface area contributed by atoms with E-state index in [1.807, 2.05) is 25.1 Å². The predicted octanol–water partition coefficient (Wildman–Crippen LogP) is 2.56. The summed E-state index contributed by atoms with van der Waals surface area (Å²) in [4.78, 5) is 2.41. The van der Waals surface area contributed by atoms with Gasteiger partial charge in [0.05, 0.1) is 12.3 Å². The van der Waals surface area contributed by atoms with Gasteiger partial charge >= 0.3 is 0 Å². The minimum absolute atomic E-state index is 0.532. The monoisotopic (exact) mass is 263 g/mol. The zero-order valence-corrected chi connectivity index (χ0v) is 12.1. The van der Waals surface area contributed by atoms with Gasteiger partial charge in [-0.3, -0.25) is 0 Å². The molecule has 1 aliphatic heterocycles. The topological polar surface area (TPSA) is 50.5 Å². The molecule has 0 aromatic heterocycles. The van der Waals surface area contributed by atoms with Crippen molar-refractivity contribution in [1.29, 1.82) is 0 Å². The summed E-state index contributed by atoms with van der Waals surface area (Å²) in [5.41, 5.74) is 7.68. The van der Waals surface area contributed by atoms with Crippen LogP contribution in [0.25, 0.3) is 0 Å². The van der Waals surface area contributed by atoms with Crippen LogP contribution in [0.4, 0.5) is 11.4 Å². The fourth-order valence-corrected chi connectivity index (χ4v) is 2.56. The van der Waals surface area contributed by atoms with Crippen molar-refractivity contribution in [3.05, 3.63) is 18.2 Å². The molecule has 1 aromatic carbocycles. The molecule has 0 aliphatic carbocycles. The smallest absolute Gasteiger partial charge is 0.144 e. The van der Waals surface area contributed by atoms with Gasteiger partial charge in [-0.15, -0.1) is 0 Å². The number of anilines is 2. The first-order valence-electron chi connectivity index (χ1n) is 7.09. The van der Waals surface area contributed by atoms with Crippen LogP contribution >= 0.6 is 0 Å². The zero-order chi connectivity index (χ0) is 13.8. The number of rotatable bonds is 4. The van der Waals surface area contributed by atoms with Gasteiger partial charge in [-0.2, -0.15) is 0 Å². The number of likely N-dealkylation sites (tertiary alicyclic amines) is 1. The van der Waals surface area contributed by atoms with Gasteiger partial charge < -0.3 is 20.7 Å². The molecule has 1 fully saturated rings. The Hall–Kier alpha value is -1.42. The number of hydrogen-bond acceptors (Lipinski definition) is 4. The van der Waals surface area contributed by atoms with E-state index in [1.54, 1.807) is 0 Å². The zero-order valence-electron chi connectivity index (χ0n) is 12.1. The van der Waals surface area contributed by atoms with Gasteiger partial charge in [-0.1, -0.05) is 0 Å². The van der Waals surface area contributed by atoms with Gasteiger partial charge in [0.2, 0.25) is 0 Å². The Morgan fingerprint density at radius 3 is 2.95 bits per heavy atom. The summed E-state index contributed by atoms with van der Waals surface area (Å²) >= 11 is 0. The molecular formula is C15H25N3O. The maximum atomic E-state index is 5.89. The number of hydrogen-bond donors (Lipinski definition) is 2. The predicted molar refractivity (Wildman–Crippen MR) is 80.8 cm³/mol. The van der Waals surface area contributed by atoms with Crippen molar-refractivity contribution in [2.24, 2.45) is 0 Å². The first-order valence-corrected chi connectivity index (χ1v) is 7.09. The second kappa shape index (κ2) is 6.15. The van der Waals surface area contributed by atoms with E-state index < -0.39 is 0 Å². The molecule has 2 atom stereocenters. The molecule has 106 valence electrons. The molecule has 1 heterocycles. The highest BCUT2D eigenvalue weighted by atomic mass is 16.5. The molecular weight excluding hydrogens is 238 g/mol. The second-order valence-electron chi connectivity index (χ2n) is 5.38. The number of ether oxygens (including phenoxy) is 1. The number of nitrogen functional groups attached to an aromatic ring is 1. The average Bonchev–Trinajstić information content (AvgIpc) is 2.38. The third-order valence-electron chi connectivity index (χ3n) is 3.89. The fraction of sp³-hybridized carbons (Fsp3) is 0.600. The molecule has 1 aromatic rings. The quantitative estimate of drug-likeness (QED) is 0.820. The van der Waals surface area contributed by atoms with Crippen molar-refractivity contribution in [2.75, 3.05) is 31.2 Å². The molecule has 0 spiro atoms. The summed E-state index contributed by atoms with van der Waals surface area (Å²) in [7, 11) is 2.19. The summed E-state index contributed by atoms with van der Waals surface area (Å²) in [6.07, 6.45) is 2.35. The average molecular weight is 263 g/mol. The lowest BCUT2D eigenvalue weighted by Gasteiger charge is -2.35. The van der Waals surface area contributed by atoms with Crippen LogP contribution in [-0.2, 0) is 0 Å². The van der Waals surface area contributed by atoms with Crippen LogP contribution in [0.1, 0.15) is 26.7 Å². The maximum absolute atomic E-state index is 5.89. The first-order chi connectivity index (χ1) is 9.10. The van der Waals surface area contributed by atoms with Gasteiger partial charge in [-0.05, 0) is 45.9 Å². The first kappa shape index (κ1) is 14.0. The second-order valence-corrected chi connectivity index (χ2v) is 5.38. The number of nitrogens with one attached hydrogen (secondary N) is 1. The van der Waals surface area contributed by atoms with Crippen molar-refractivity contribution >= 4 is 11.4 Å². The number of piperidine rings is 1. The van der Waals surface area contributed by atoms with Gasteiger partial charge in [-0.25, -0.2) is 0 Å². The third kappa shape index (κ3) is 3.53. The summed E-state index contributed by atoms with van der Waals surface area (Å²) in [6.45, 7) is 6.03. The Morgan fingerprint density at radius 1 is 1.47 bits per heavy atom. The number of nitrogens with zero attached hydrogens (tertiary/aromatic N) is 1. The van der Waals surface area contributed by atoms with E-state index in [2.05, 4.69) is 24.2 Å². The lowest BCUT2D eigenvalue weighted by Crippen LogP contribution is -2.42. The molecule has 1 saturated heterocycles. The normalized spacial score (nSPS) is 24.2. The maximum Gasteiger partial charge on any atom is 0.144 e. The summed E-state index contributed by atoms with van der Waals surface area (Å²) in [5.74, 6) is 0.772. The Bertz CT molecular complexity index is 422. The minimum atomic E-state index is 0.532. The Kier molecular flexibility index (Phi) is 4.53. The third-order valence-corrected chi connectivity index (χ3v) is 3.89. The number of benzene rings is 1. The van der Waals surface area contributed by atoms with Crippen molar-refractivity contribution in [2.45, 2.75) is 38.8 Å².